The number of ketones is 1. The Balaban J connectivity index is 1.39. The molecule has 3 aromatic rings. The van der Waals surface area contributed by atoms with Crippen molar-refractivity contribution >= 4 is 23.3 Å². The van der Waals surface area contributed by atoms with Gasteiger partial charge in [0.25, 0.3) is 5.91 Å². The number of hydrogen-bond donors (Lipinski definition) is 1. The SMILES string of the molecule is O=C(c1ccc(C(=O)N2CCC(Oc3ccccc3Cl)C2)cc1)c1cc[nH]c1. The van der Waals surface area contributed by atoms with E-state index < -0.39 is 0 Å². The van der Waals surface area contributed by atoms with Gasteiger partial charge >= 0.3 is 0 Å². The van der Waals surface area contributed by atoms with Crippen molar-refractivity contribution in [3.63, 3.8) is 0 Å². The molecule has 1 N–H and O–H groups in total. The number of carbonyl (C=O) groups is 2. The first-order valence-electron chi connectivity index (χ1n) is 9.10. The molecule has 1 unspecified atom stereocenters. The average Bonchev–Trinajstić information content (AvgIpc) is 3.41. The fourth-order valence-corrected chi connectivity index (χ4v) is 3.49. The van der Waals surface area contributed by atoms with Crippen molar-refractivity contribution in [1.29, 1.82) is 0 Å². The summed E-state index contributed by atoms with van der Waals surface area (Å²) in [5.41, 5.74) is 1.71. The molecule has 142 valence electrons. The molecule has 5 nitrogen and oxygen atoms in total. The summed E-state index contributed by atoms with van der Waals surface area (Å²) < 4.78 is 5.94. The molecule has 1 saturated heterocycles. The zero-order chi connectivity index (χ0) is 19.5. The standard InChI is InChI=1S/C22H19ClN2O3/c23-19-3-1-2-4-20(19)28-18-10-12-25(14-18)22(27)16-7-5-15(6-8-16)21(26)17-9-11-24-13-17/h1-9,11,13,18,24H,10,12,14H2. The molecule has 4 rings (SSSR count). The lowest BCUT2D eigenvalue weighted by molar-refractivity contribution is 0.0772. The Morgan fingerprint density at radius 1 is 1.00 bits per heavy atom. The Bertz CT molecular complexity index is 983. The predicted molar refractivity (Wildman–Crippen MR) is 107 cm³/mol. The molecule has 0 aliphatic carbocycles. The molecular weight excluding hydrogens is 376 g/mol. The van der Waals surface area contributed by atoms with Gasteiger partial charge in [0.15, 0.2) is 5.78 Å². The molecule has 0 radical (unpaired) electrons. The van der Waals surface area contributed by atoms with E-state index in [2.05, 4.69) is 4.98 Å². The molecule has 2 aromatic carbocycles. The maximum absolute atomic E-state index is 12.8. The van der Waals surface area contributed by atoms with Crippen LogP contribution in [0.2, 0.25) is 5.02 Å². The monoisotopic (exact) mass is 394 g/mol. The van der Waals surface area contributed by atoms with Gasteiger partial charge in [0, 0.05) is 42.0 Å². The van der Waals surface area contributed by atoms with Gasteiger partial charge in [-0.3, -0.25) is 9.59 Å². The minimum absolute atomic E-state index is 0.0640. The van der Waals surface area contributed by atoms with Crippen molar-refractivity contribution in [2.24, 2.45) is 0 Å². The highest BCUT2D eigenvalue weighted by Crippen LogP contribution is 2.27. The number of aromatic nitrogens is 1. The van der Waals surface area contributed by atoms with Gasteiger partial charge in [-0.25, -0.2) is 0 Å². The third-order valence-electron chi connectivity index (χ3n) is 4.82. The first-order valence-corrected chi connectivity index (χ1v) is 9.47. The predicted octanol–water partition coefficient (Wildman–Crippen LogP) is 4.19. The molecule has 0 saturated carbocycles. The van der Waals surface area contributed by atoms with Crippen molar-refractivity contribution < 1.29 is 14.3 Å². The van der Waals surface area contributed by atoms with Gasteiger partial charge in [0.05, 0.1) is 11.6 Å². The lowest BCUT2D eigenvalue weighted by atomic mass is 10.0. The number of ether oxygens (including phenoxy) is 1. The zero-order valence-corrected chi connectivity index (χ0v) is 15.9. The summed E-state index contributed by atoms with van der Waals surface area (Å²) in [5.74, 6) is 0.497. The van der Waals surface area contributed by atoms with Crippen LogP contribution in [0.3, 0.4) is 0 Å². The number of aromatic amines is 1. The molecule has 1 fully saturated rings. The van der Waals surface area contributed by atoms with Crippen molar-refractivity contribution in [2.75, 3.05) is 13.1 Å². The summed E-state index contributed by atoms with van der Waals surface area (Å²) in [7, 11) is 0. The first kappa shape index (κ1) is 18.3. The number of halogens is 1. The third-order valence-corrected chi connectivity index (χ3v) is 5.13. The highest BCUT2D eigenvalue weighted by Gasteiger charge is 2.28. The molecule has 1 aromatic heterocycles. The number of carbonyl (C=O) groups excluding carboxylic acids is 2. The fourth-order valence-electron chi connectivity index (χ4n) is 3.31. The molecule has 28 heavy (non-hydrogen) atoms. The van der Waals surface area contributed by atoms with E-state index in [1.54, 1.807) is 53.7 Å². The summed E-state index contributed by atoms with van der Waals surface area (Å²) in [4.78, 5) is 29.8. The maximum atomic E-state index is 12.8. The summed E-state index contributed by atoms with van der Waals surface area (Å²) >= 11 is 6.14. The molecule has 1 aliphatic rings. The van der Waals surface area contributed by atoms with Crippen LogP contribution in [-0.2, 0) is 0 Å². The van der Waals surface area contributed by atoms with Crippen molar-refractivity contribution in [2.45, 2.75) is 12.5 Å². The van der Waals surface area contributed by atoms with Crippen molar-refractivity contribution in [1.82, 2.24) is 9.88 Å². The normalized spacial score (nSPS) is 16.2. The second-order valence-corrected chi connectivity index (χ2v) is 7.12. The van der Waals surface area contributed by atoms with Gasteiger partial charge in [0.2, 0.25) is 0 Å². The van der Waals surface area contributed by atoms with E-state index in [-0.39, 0.29) is 17.8 Å². The molecule has 0 bridgehead atoms. The number of rotatable bonds is 5. The van der Waals surface area contributed by atoms with E-state index in [1.807, 2.05) is 18.2 Å². The average molecular weight is 395 g/mol. The molecule has 1 amide bonds. The lowest BCUT2D eigenvalue weighted by Crippen LogP contribution is -2.31. The fraction of sp³-hybridized carbons (Fsp3) is 0.182. The van der Waals surface area contributed by atoms with E-state index in [0.717, 1.165) is 6.42 Å². The molecule has 1 aliphatic heterocycles. The second-order valence-electron chi connectivity index (χ2n) is 6.72. The van der Waals surface area contributed by atoms with Crippen LogP contribution in [0.25, 0.3) is 0 Å². The number of hydrogen-bond acceptors (Lipinski definition) is 3. The van der Waals surface area contributed by atoms with Gasteiger partial charge < -0.3 is 14.6 Å². The highest BCUT2D eigenvalue weighted by atomic mass is 35.5. The van der Waals surface area contributed by atoms with Crippen LogP contribution >= 0.6 is 11.6 Å². The second kappa shape index (κ2) is 7.90. The Hall–Kier alpha value is -3.05. The number of likely N-dealkylation sites (tertiary alicyclic amines) is 1. The summed E-state index contributed by atoms with van der Waals surface area (Å²) in [6, 6.07) is 15.8. The molecule has 6 heteroatoms. The van der Waals surface area contributed by atoms with Gasteiger partial charge in [-0.05, 0) is 30.3 Å². The minimum Gasteiger partial charge on any atom is -0.487 e. The van der Waals surface area contributed by atoms with Crippen LogP contribution in [-0.4, -0.2) is 40.8 Å². The van der Waals surface area contributed by atoms with Crippen molar-refractivity contribution in [3.8, 4) is 5.75 Å². The maximum Gasteiger partial charge on any atom is 0.253 e. The molecular formula is C22H19ClN2O3. The van der Waals surface area contributed by atoms with Gasteiger partial charge in [-0.1, -0.05) is 35.9 Å². The number of para-hydroxylation sites is 1. The highest BCUT2D eigenvalue weighted by molar-refractivity contribution is 6.32. The minimum atomic E-state index is -0.0849. The van der Waals surface area contributed by atoms with Crippen LogP contribution in [0, 0.1) is 0 Å². The first-order chi connectivity index (χ1) is 13.6. The Morgan fingerprint density at radius 2 is 1.75 bits per heavy atom. The smallest absolute Gasteiger partial charge is 0.253 e. The third kappa shape index (κ3) is 3.80. The summed E-state index contributed by atoms with van der Waals surface area (Å²) in [6.45, 7) is 1.13. The lowest BCUT2D eigenvalue weighted by Gasteiger charge is -2.18. The van der Waals surface area contributed by atoms with E-state index in [4.69, 9.17) is 16.3 Å². The molecule has 1 atom stereocenters. The molecule has 0 spiro atoms. The van der Waals surface area contributed by atoms with Gasteiger partial charge in [0.1, 0.15) is 11.9 Å². The number of nitrogens with one attached hydrogen (secondary N) is 1. The van der Waals surface area contributed by atoms with Crippen LogP contribution in [0.15, 0.2) is 67.0 Å². The van der Waals surface area contributed by atoms with E-state index >= 15 is 0 Å². The van der Waals surface area contributed by atoms with E-state index in [0.29, 0.717) is 40.6 Å². The van der Waals surface area contributed by atoms with E-state index in [1.165, 1.54) is 0 Å². The Labute approximate surface area is 167 Å². The van der Waals surface area contributed by atoms with Crippen LogP contribution < -0.4 is 4.74 Å². The quantitative estimate of drug-likeness (QED) is 0.660. The number of H-pyrrole nitrogens is 1. The Morgan fingerprint density at radius 3 is 2.46 bits per heavy atom. The number of amides is 1. The van der Waals surface area contributed by atoms with Crippen LogP contribution in [0.1, 0.15) is 32.7 Å². The van der Waals surface area contributed by atoms with E-state index in [9.17, 15) is 9.59 Å². The number of nitrogens with zero attached hydrogens (tertiary/aromatic N) is 1. The largest absolute Gasteiger partial charge is 0.487 e. The molecule has 2 heterocycles. The number of benzene rings is 2. The summed E-state index contributed by atoms with van der Waals surface area (Å²) in [6.07, 6.45) is 4.03. The van der Waals surface area contributed by atoms with Gasteiger partial charge in [-0.2, -0.15) is 0 Å². The van der Waals surface area contributed by atoms with Gasteiger partial charge in [-0.15, -0.1) is 0 Å². The van der Waals surface area contributed by atoms with Crippen LogP contribution in [0.5, 0.6) is 5.75 Å². The Kier molecular flexibility index (Phi) is 5.17. The van der Waals surface area contributed by atoms with Crippen LogP contribution in [0.4, 0.5) is 0 Å². The summed E-state index contributed by atoms with van der Waals surface area (Å²) in [5, 5.41) is 0.565. The zero-order valence-electron chi connectivity index (χ0n) is 15.1. The van der Waals surface area contributed by atoms with Crippen molar-refractivity contribution in [3.05, 3.63) is 88.7 Å². The topological polar surface area (TPSA) is 62.4 Å².